The van der Waals surface area contributed by atoms with Gasteiger partial charge in [0.1, 0.15) is 11.6 Å². The van der Waals surface area contributed by atoms with Crippen LogP contribution in [-0.4, -0.2) is 46.4 Å². The summed E-state index contributed by atoms with van der Waals surface area (Å²) in [7, 11) is 0. The minimum Gasteiger partial charge on any atom is -0.359 e. The van der Waals surface area contributed by atoms with Crippen LogP contribution in [0.2, 0.25) is 0 Å². The first-order valence-corrected chi connectivity index (χ1v) is 15.1. The average molecular weight is 556 g/mol. The normalized spacial score (nSPS) is 31.9. The van der Waals surface area contributed by atoms with Crippen LogP contribution >= 0.6 is 0 Å². The maximum atomic E-state index is 14.3. The Morgan fingerprint density at radius 1 is 1.02 bits per heavy atom. The van der Waals surface area contributed by atoms with E-state index in [1.54, 1.807) is 4.90 Å². The highest BCUT2D eigenvalue weighted by atomic mass is 16.5. The molecule has 41 heavy (non-hydrogen) atoms. The fourth-order valence-corrected chi connectivity index (χ4v) is 7.30. The molecule has 3 heterocycles. The Morgan fingerprint density at radius 2 is 1.73 bits per heavy atom. The van der Waals surface area contributed by atoms with E-state index in [4.69, 9.17) is 4.74 Å². The number of hydrogen-bond donors (Lipinski definition) is 2. The largest absolute Gasteiger partial charge is 0.359 e. The number of aryl methyl sites for hydroxylation is 1. The molecule has 7 nitrogen and oxygen atoms in total. The Morgan fingerprint density at radius 3 is 2.41 bits per heavy atom. The lowest BCUT2D eigenvalue weighted by atomic mass is 9.74. The Bertz CT molecular complexity index is 1350. The fourth-order valence-electron chi connectivity index (χ4n) is 7.30. The van der Waals surface area contributed by atoms with Crippen LogP contribution in [0.15, 0.2) is 60.7 Å². The van der Waals surface area contributed by atoms with Gasteiger partial charge in [-0.3, -0.25) is 14.4 Å². The number of carbonyl (C=O) groups is 3. The second kappa shape index (κ2) is 10.8. The van der Waals surface area contributed by atoms with Crippen LogP contribution in [0.4, 0.5) is 5.69 Å². The molecular formula is C34H41N3O4. The Hall–Kier alpha value is -3.45. The molecule has 2 bridgehead atoms. The van der Waals surface area contributed by atoms with E-state index in [1.807, 2.05) is 67.6 Å². The first kappa shape index (κ1) is 27.7. The van der Waals surface area contributed by atoms with E-state index in [1.165, 1.54) is 12.0 Å². The molecule has 1 spiro atoms. The molecule has 216 valence electrons. The predicted molar refractivity (Wildman–Crippen MR) is 158 cm³/mol. The Balaban J connectivity index is 1.30. The lowest BCUT2D eigenvalue weighted by Crippen LogP contribution is -2.57. The zero-order chi connectivity index (χ0) is 28.9. The number of anilines is 1. The molecule has 2 N–H and O–H groups in total. The van der Waals surface area contributed by atoms with Crippen molar-refractivity contribution in [2.45, 2.75) is 89.6 Å². The van der Waals surface area contributed by atoms with Gasteiger partial charge in [-0.25, -0.2) is 0 Å². The van der Waals surface area contributed by atoms with E-state index in [-0.39, 0.29) is 30.3 Å². The highest BCUT2D eigenvalue weighted by Gasteiger charge is 2.72. The van der Waals surface area contributed by atoms with Gasteiger partial charge in [-0.05, 0) is 54.9 Å². The molecule has 3 fully saturated rings. The van der Waals surface area contributed by atoms with Gasteiger partial charge in [0.2, 0.25) is 17.7 Å². The summed E-state index contributed by atoms with van der Waals surface area (Å²) in [5.41, 5.74) is 2.77. The number of nitrogens with one attached hydrogen (secondary N) is 2. The molecule has 2 aromatic carbocycles. The van der Waals surface area contributed by atoms with Crippen LogP contribution in [0.1, 0.15) is 69.1 Å². The third-order valence-electron chi connectivity index (χ3n) is 9.68. The van der Waals surface area contributed by atoms with Gasteiger partial charge in [-0.1, -0.05) is 87.7 Å². The molecule has 1 saturated carbocycles. The van der Waals surface area contributed by atoms with Gasteiger partial charge in [-0.15, -0.1) is 0 Å². The molecule has 2 aromatic rings. The quantitative estimate of drug-likeness (QED) is 0.465. The van der Waals surface area contributed by atoms with Crippen molar-refractivity contribution in [2.75, 3.05) is 5.32 Å². The Kier molecular flexibility index (Phi) is 7.26. The minimum absolute atomic E-state index is 0.0681. The maximum Gasteiger partial charge on any atom is 0.246 e. The van der Waals surface area contributed by atoms with Crippen molar-refractivity contribution in [3.63, 3.8) is 0 Å². The molecule has 2 saturated heterocycles. The third kappa shape index (κ3) is 4.88. The number of hydrogen-bond acceptors (Lipinski definition) is 4. The standard InChI is InChI=1S/C34H41N3O4/c1-20(2)24-13-15-25(16-14-24)35-31(38)28-27-17-18-34(41-27)29(28)33(40)37(19-23-11-9-21(3)10-12-23)30(34)32(39)36-26-8-6-5-7-22(26)4/h9-18,20,22,26-30H,5-8,19H2,1-4H3,(H,35,38)(H,36,39)/t22?,26?,27-,28?,29-,30?,34?/m0/s1. The molecule has 7 atom stereocenters. The smallest absolute Gasteiger partial charge is 0.246 e. The molecule has 6 rings (SSSR count). The minimum atomic E-state index is -1.17. The molecule has 5 unspecified atom stereocenters. The van der Waals surface area contributed by atoms with E-state index in [9.17, 15) is 14.4 Å². The van der Waals surface area contributed by atoms with Gasteiger partial charge >= 0.3 is 0 Å². The summed E-state index contributed by atoms with van der Waals surface area (Å²) in [6, 6.07) is 15.0. The van der Waals surface area contributed by atoms with Crippen molar-refractivity contribution in [1.29, 1.82) is 0 Å². The molecule has 1 aliphatic carbocycles. The number of ether oxygens (including phenoxy) is 1. The molecular weight excluding hydrogens is 514 g/mol. The van der Waals surface area contributed by atoms with Crippen molar-refractivity contribution in [3.05, 3.63) is 77.4 Å². The number of rotatable bonds is 7. The fraction of sp³-hybridized carbons (Fsp3) is 0.500. The molecule has 7 heteroatoms. The highest BCUT2D eigenvalue weighted by molar-refractivity contribution is 6.02. The van der Waals surface area contributed by atoms with Crippen LogP contribution in [0.5, 0.6) is 0 Å². The van der Waals surface area contributed by atoms with Crippen LogP contribution in [0.25, 0.3) is 0 Å². The summed E-state index contributed by atoms with van der Waals surface area (Å²) < 4.78 is 6.52. The van der Waals surface area contributed by atoms with Crippen LogP contribution in [0.3, 0.4) is 0 Å². The summed E-state index contributed by atoms with van der Waals surface area (Å²) in [6.45, 7) is 8.74. The van der Waals surface area contributed by atoms with Crippen molar-refractivity contribution >= 4 is 23.4 Å². The number of amides is 3. The van der Waals surface area contributed by atoms with Crippen LogP contribution in [-0.2, 0) is 25.7 Å². The molecule has 3 aliphatic heterocycles. The topological polar surface area (TPSA) is 87.7 Å². The van der Waals surface area contributed by atoms with Crippen molar-refractivity contribution < 1.29 is 19.1 Å². The van der Waals surface area contributed by atoms with E-state index < -0.39 is 29.6 Å². The third-order valence-corrected chi connectivity index (χ3v) is 9.68. The summed E-state index contributed by atoms with van der Waals surface area (Å²) in [4.78, 5) is 43.8. The van der Waals surface area contributed by atoms with E-state index in [0.717, 1.165) is 30.4 Å². The number of benzene rings is 2. The van der Waals surface area contributed by atoms with Crippen LogP contribution < -0.4 is 10.6 Å². The van der Waals surface area contributed by atoms with Gasteiger partial charge in [0.15, 0.2) is 0 Å². The van der Waals surface area contributed by atoms with Crippen molar-refractivity contribution in [1.82, 2.24) is 10.2 Å². The highest BCUT2D eigenvalue weighted by Crippen LogP contribution is 2.55. The van der Waals surface area contributed by atoms with Gasteiger partial charge in [0, 0.05) is 18.3 Å². The summed E-state index contributed by atoms with van der Waals surface area (Å²) >= 11 is 0. The number of nitrogens with zero attached hydrogens (tertiary/aromatic N) is 1. The second-order valence-corrected chi connectivity index (χ2v) is 12.8. The molecule has 0 aromatic heterocycles. The monoisotopic (exact) mass is 555 g/mol. The number of fused-ring (bicyclic) bond motifs is 1. The Labute approximate surface area is 242 Å². The first-order chi connectivity index (χ1) is 19.7. The van der Waals surface area contributed by atoms with E-state index in [0.29, 0.717) is 17.5 Å². The van der Waals surface area contributed by atoms with E-state index in [2.05, 4.69) is 31.4 Å². The van der Waals surface area contributed by atoms with Gasteiger partial charge in [0.25, 0.3) is 0 Å². The first-order valence-electron chi connectivity index (χ1n) is 15.1. The SMILES string of the molecule is Cc1ccc(CN2C(=O)[C@@H]3C(C(=O)Nc4ccc(C(C)C)cc4)[C@@H]4C=CC3(O4)C2C(=O)NC2CCCCC2C)cc1. The molecule has 4 aliphatic rings. The van der Waals surface area contributed by atoms with Gasteiger partial charge in [-0.2, -0.15) is 0 Å². The number of likely N-dealkylation sites (tertiary alicyclic amines) is 1. The van der Waals surface area contributed by atoms with Crippen molar-refractivity contribution in [3.8, 4) is 0 Å². The summed E-state index contributed by atoms with van der Waals surface area (Å²) in [5, 5.41) is 6.32. The second-order valence-electron chi connectivity index (χ2n) is 12.8. The van der Waals surface area contributed by atoms with Gasteiger partial charge in [0.05, 0.1) is 17.9 Å². The predicted octanol–water partition coefficient (Wildman–Crippen LogP) is 5.10. The summed E-state index contributed by atoms with van der Waals surface area (Å²) in [6.07, 6.45) is 7.46. The lowest BCUT2D eigenvalue weighted by molar-refractivity contribution is -0.142. The average Bonchev–Trinajstić information content (AvgIpc) is 3.59. The zero-order valence-corrected chi connectivity index (χ0v) is 24.4. The lowest BCUT2D eigenvalue weighted by Gasteiger charge is -2.36. The van der Waals surface area contributed by atoms with Crippen molar-refractivity contribution in [2.24, 2.45) is 17.8 Å². The molecule has 3 amide bonds. The van der Waals surface area contributed by atoms with E-state index >= 15 is 0 Å². The zero-order valence-electron chi connectivity index (χ0n) is 24.4. The number of carbonyl (C=O) groups excluding carboxylic acids is 3. The molecule has 0 radical (unpaired) electrons. The van der Waals surface area contributed by atoms with Crippen LogP contribution in [0, 0.1) is 24.7 Å². The van der Waals surface area contributed by atoms with Gasteiger partial charge < -0.3 is 20.3 Å². The summed E-state index contributed by atoms with van der Waals surface area (Å²) in [5.74, 6) is -1.37. The maximum absolute atomic E-state index is 14.3.